The molecule has 0 aliphatic carbocycles. The fourth-order valence-corrected chi connectivity index (χ4v) is 0.874. The maximum Gasteiger partial charge on any atom is 0.335 e. The van der Waals surface area contributed by atoms with Gasteiger partial charge in [-0.25, -0.2) is 4.79 Å². The summed E-state index contributed by atoms with van der Waals surface area (Å²) in [6.07, 6.45) is 0. The van der Waals surface area contributed by atoms with Gasteiger partial charge in [0.15, 0.2) is 0 Å². The lowest BCUT2D eigenvalue weighted by Gasteiger charge is -2.04. The van der Waals surface area contributed by atoms with Gasteiger partial charge in [-0.3, -0.25) is 5.32 Å². The summed E-state index contributed by atoms with van der Waals surface area (Å²) in [4.78, 5) is 10.6. The van der Waals surface area contributed by atoms with E-state index in [1.54, 1.807) is 19.2 Å². The Morgan fingerprint density at radius 2 is 2.38 bits per heavy atom. The molecule has 1 aromatic carbocycles. The summed E-state index contributed by atoms with van der Waals surface area (Å²) in [6, 6.07) is 6.37. The van der Waals surface area contributed by atoms with Crippen LogP contribution in [0.4, 0.5) is 0 Å². The van der Waals surface area contributed by atoms with E-state index in [-0.39, 0.29) is 5.56 Å². The summed E-state index contributed by atoms with van der Waals surface area (Å²) in [5.41, 5.74) is 0.230. The molecular weight excluding hydrogens is 170 g/mol. The van der Waals surface area contributed by atoms with Crippen LogP contribution in [0.25, 0.3) is 0 Å². The molecule has 0 bridgehead atoms. The van der Waals surface area contributed by atoms with Crippen LogP contribution in [-0.2, 0) is 0 Å². The van der Waals surface area contributed by atoms with E-state index in [4.69, 9.17) is 9.84 Å². The Labute approximate surface area is 76.1 Å². The molecular formula is C9H11NO3. The first-order valence-electron chi connectivity index (χ1n) is 3.85. The number of benzene rings is 1. The number of aromatic carboxylic acids is 1. The molecule has 13 heavy (non-hydrogen) atoms. The SMILES string of the molecule is CNCOc1cccc(C(=O)O)c1. The molecule has 1 aromatic rings. The Morgan fingerprint density at radius 1 is 1.62 bits per heavy atom. The van der Waals surface area contributed by atoms with Crippen molar-refractivity contribution in [3.8, 4) is 5.75 Å². The quantitative estimate of drug-likeness (QED) is 0.679. The summed E-state index contributed by atoms with van der Waals surface area (Å²) >= 11 is 0. The van der Waals surface area contributed by atoms with Gasteiger partial charge in [-0.1, -0.05) is 6.07 Å². The molecule has 0 spiro atoms. The van der Waals surface area contributed by atoms with Crippen molar-refractivity contribution in [3.05, 3.63) is 29.8 Å². The average molecular weight is 181 g/mol. The van der Waals surface area contributed by atoms with E-state index in [1.807, 2.05) is 0 Å². The van der Waals surface area contributed by atoms with Crippen LogP contribution < -0.4 is 10.1 Å². The maximum atomic E-state index is 10.6. The number of ether oxygens (including phenoxy) is 1. The van der Waals surface area contributed by atoms with Crippen LogP contribution in [0, 0.1) is 0 Å². The molecule has 0 heterocycles. The summed E-state index contributed by atoms with van der Waals surface area (Å²) in [5, 5.41) is 11.5. The largest absolute Gasteiger partial charge is 0.478 e. The lowest BCUT2D eigenvalue weighted by Crippen LogP contribution is -2.14. The van der Waals surface area contributed by atoms with Crippen LogP contribution in [0.1, 0.15) is 10.4 Å². The zero-order chi connectivity index (χ0) is 9.68. The highest BCUT2D eigenvalue weighted by Crippen LogP contribution is 2.12. The smallest absolute Gasteiger partial charge is 0.335 e. The zero-order valence-corrected chi connectivity index (χ0v) is 7.28. The molecule has 0 atom stereocenters. The van der Waals surface area contributed by atoms with Gasteiger partial charge < -0.3 is 9.84 Å². The van der Waals surface area contributed by atoms with Crippen LogP contribution in [0.15, 0.2) is 24.3 Å². The first kappa shape index (κ1) is 9.54. The molecule has 0 aromatic heterocycles. The summed E-state index contributed by atoms with van der Waals surface area (Å²) in [6.45, 7) is 0.364. The van der Waals surface area contributed by atoms with Crippen LogP contribution >= 0.6 is 0 Å². The number of carbonyl (C=O) groups is 1. The predicted octanol–water partition coefficient (Wildman–Crippen LogP) is 0.941. The summed E-state index contributed by atoms with van der Waals surface area (Å²) in [7, 11) is 1.75. The van der Waals surface area contributed by atoms with Crippen LogP contribution in [0.2, 0.25) is 0 Å². The van der Waals surface area contributed by atoms with Gasteiger partial charge in [-0.05, 0) is 25.2 Å². The molecule has 0 aliphatic rings. The maximum absolute atomic E-state index is 10.6. The molecule has 0 saturated heterocycles. The van der Waals surface area contributed by atoms with Gasteiger partial charge in [-0.15, -0.1) is 0 Å². The fraction of sp³-hybridized carbons (Fsp3) is 0.222. The van der Waals surface area contributed by atoms with E-state index in [2.05, 4.69) is 5.32 Å². The Kier molecular flexibility index (Phi) is 3.28. The normalized spacial score (nSPS) is 9.62. The highest BCUT2D eigenvalue weighted by molar-refractivity contribution is 5.87. The third kappa shape index (κ3) is 2.76. The molecule has 4 heteroatoms. The zero-order valence-electron chi connectivity index (χ0n) is 7.28. The van der Waals surface area contributed by atoms with Crippen molar-refractivity contribution in [2.75, 3.05) is 13.8 Å². The number of nitrogens with one attached hydrogen (secondary N) is 1. The lowest BCUT2D eigenvalue weighted by molar-refractivity contribution is 0.0696. The number of hydrogen-bond acceptors (Lipinski definition) is 3. The molecule has 4 nitrogen and oxygen atoms in total. The summed E-state index contributed by atoms with van der Waals surface area (Å²) in [5.74, 6) is -0.399. The van der Waals surface area contributed by atoms with Crippen LogP contribution in [0.5, 0.6) is 5.75 Å². The number of carboxylic acids is 1. The second kappa shape index (κ2) is 4.47. The Morgan fingerprint density at radius 3 is 3.00 bits per heavy atom. The van der Waals surface area contributed by atoms with Crippen molar-refractivity contribution < 1.29 is 14.6 Å². The lowest BCUT2D eigenvalue weighted by atomic mass is 10.2. The van der Waals surface area contributed by atoms with Crippen molar-refractivity contribution in [2.24, 2.45) is 0 Å². The molecule has 0 saturated carbocycles. The second-order valence-electron chi connectivity index (χ2n) is 2.48. The molecule has 0 fully saturated rings. The Hall–Kier alpha value is -1.55. The van der Waals surface area contributed by atoms with E-state index in [0.717, 1.165) is 0 Å². The standard InChI is InChI=1S/C9H11NO3/c1-10-6-13-8-4-2-3-7(5-8)9(11)12/h2-5,10H,6H2,1H3,(H,11,12). The molecule has 0 amide bonds. The fourth-order valence-electron chi connectivity index (χ4n) is 0.874. The molecule has 0 unspecified atom stereocenters. The average Bonchev–Trinajstić information content (AvgIpc) is 2.15. The van der Waals surface area contributed by atoms with Gasteiger partial charge in [0, 0.05) is 0 Å². The second-order valence-corrected chi connectivity index (χ2v) is 2.48. The van der Waals surface area contributed by atoms with Crippen LogP contribution in [0.3, 0.4) is 0 Å². The van der Waals surface area contributed by atoms with E-state index < -0.39 is 5.97 Å². The predicted molar refractivity (Wildman–Crippen MR) is 48.0 cm³/mol. The van der Waals surface area contributed by atoms with Gasteiger partial charge in [-0.2, -0.15) is 0 Å². The van der Waals surface area contributed by atoms with E-state index >= 15 is 0 Å². The van der Waals surface area contributed by atoms with Gasteiger partial charge >= 0.3 is 5.97 Å². The van der Waals surface area contributed by atoms with Crippen molar-refractivity contribution in [1.29, 1.82) is 0 Å². The molecule has 2 N–H and O–H groups in total. The third-order valence-electron chi connectivity index (χ3n) is 1.46. The minimum atomic E-state index is -0.949. The number of rotatable bonds is 4. The minimum Gasteiger partial charge on any atom is -0.478 e. The monoisotopic (exact) mass is 181 g/mol. The summed E-state index contributed by atoms with van der Waals surface area (Å²) < 4.78 is 5.17. The highest BCUT2D eigenvalue weighted by atomic mass is 16.5. The van der Waals surface area contributed by atoms with Crippen LogP contribution in [-0.4, -0.2) is 24.9 Å². The topological polar surface area (TPSA) is 58.6 Å². The minimum absolute atomic E-state index is 0.230. The van der Waals surface area contributed by atoms with Crippen molar-refractivity contribution in [1.82, 2.24) is 5.32 Å². The number of carboxylic acid groups (broad SMARTS) is 1. The first-order valence-corrected chi connectivity index (χ1v) is 3.85. The Balaban J connectivity index is 2.73. The molecule has 0 radical (unpaired) electrons. The Bertz CT molecular complexity index is 299. The highest BCUT2D eigenvalue weighted by Gasteiger charge is 2.02. The number of hydrogen-bond donors (Lipinski definition) is 2. The van der Waals surface area contributed by atoms with Gasteiger partial charge in [0.25, 0.3) is 0 Å². The third-order valence-corrected chi connectivity index (χ3v) is 1.46. The molecule has 70 valence electrons. The van der Waals surface area contributed by atoms with E-state index in [1.165, 1.54) is 12.1 Å². The molecule has 0 aliphatic heterocycles. The van der Waals surface area contributed by atoms with E-state index in [9.17, 15) is 4.79 Å². The first-order chi connectivity index (χ1) is 6.24. The van der Waals surface area contributed by atoms with Gasteiger partial charge in [0.05, 0.1) is 5.56 Å². The van der Waals surface area contributed by atoms with E-state index in [0.29, 0.717) is 12.5 Å². The van der Waals surface area contributed by atoms with Crippen molar-refractivity contribution >= 4 is 5.97 Å². The molecule has 1 rings (SSSR count). The van der Waals surface area contributed by atoms with Crippen molar-refractivity contribution in [3.63, 3.8) is 0 Å². The van der Waals surface area contributed by atoms with Crippen molar-refractivity contribution in [2.45, 2.75) is 0 Å². The van der Waals surface area contributed by atoms with Gasteiger partial charge in [0.2, 0.25) is 0 Å². The van der Waals surface area contributed by atoms with Gasteiger partial charge in [0.1, 0.15) is 12.5 Å².